The largest absolute Gasteiger partial charge is 0.451 e. The van der Waals surface area contributed by atoms with Crippen LogP contribution in [0, 0.1) is 6.92 Å². The molecule has 7 heteroatoms. The summed E-state index contributed by atoms with van der Waals surface area (Å²) in [5.41, 5.74) is 4.78. The molecule has 1 N–H and O–H groups in total. The number of fused-ring (bicyclic) bond motifs is 1. The molecule has 0 aliphatic carbocycles. The summed E-state index contributed by atoms with van der Waals surface area (Å²) in [5, 5.41) is 12.0. The maximum Gasteiger partial charge on any atom is 0.291 e. The number of hydrogen-bond acceptors (Lipinski definition) is 4. The van der Waals surface area contributed by atoms with E-state index in [2.05, 4.69) is 31.4 Å². The molecule has 0 aliphatic heterocycles. The van der Waals surface area contributed by atoms with Gasteiger partial charge in [0.2, 0.25) is 0 Å². The highest BCUT2D eigenvalue weighted by Gasteiger charge is 2.15. The van der Waals surface area contributed by atoms with Crippen LogP contribution < -0.4 is 5.32 Å². The van der Waals surface area contributed by atoms with E-state index in [0.717, 1.165) is 26.8 Å². The number of halogens is 1. The minimum absolute atomic E-state index is 0.241. The minimum Gasteiger partial charge on any atom is -0.451 e. The number of carbonyl (C=O) groups is 1. The molecule has 0 radical (unpaired) electrons. The van der Waals surface area contributed by atoms with Gasteiger partial charge in [0.1, 0.15) is 16.8 Å². The zero-order chi connectivity index (χ0) is 21.4. The summed E-state index contributed by atoms with van der Waals surface area (Å²) < 4.78 is 6.76. The van der Waals surface area contributed by atoms with E-state index in [9.17, 15) is 4.79 Å². The van der Waals surface area contributed by atoms with Gasteiger partial charge in [0.05, 0.1) is 5.69 Å². The quantitative estimate of drug-likeness (QED) is 0.347. The number of nitrogens with one attached hydrogen (secondary N) is 1. The molecule has 0 bridgehead atoms. The number of aryl methyl sites for hydroxylation is 1. The van der Waals surface area contributed by atoms with Gasteiger partial charge in [0.25, 0.3) is 5.91 Å². The number of hydrogen-bond donors (Lipinski definition) is 1. The molecule has 5 aromatic rings. The fourth-order valence-electron chi connectivity index (χ4n) is 3.29. The van der Waals surface area contributed by atoms with Crippen molar-refractivity contribution in [3.05, 3.63) is 94.7 Å². The van der Waals surface area contributed by atoms with Crippen molar-refractivity contribution < 1.29 is 9.21 Å². The van der Waals surface area contributed by atoms with Crippen molar-refractivity contribution in [3.8, 4) is 17.0 Å². The van der Waals surface area contributed by atoms with E-state index in [0.29, 0.717) is 17.0 Å². The molecule has 152 valence electrons. The van der Waals surface area contributed by atoms with Crippen molar-refractivity contribution in [1.82, 2.24) is 15.0 Å². The highest BCUT2D eigenvalue weighted by atomic mass is 79.9. The van der Waals surface area contributed by atoms with Gasteiger partial charge < -0.3 is 9.73 Å². The van der Waals surface area contributed by atoms with Gasteiger partial charge in [-0.2, -0.15) is 4.80 Å². The molecule has 2 aromatic heterocycles. The van der Waals surface area contributed by atoms with Crippen LogP contribution in [-0.4, -0.2) is 20.9 Å². The molecule has 1 amide bonds. The maximum absolute atomic E-state index is 12.8. The second-order valence-electron chi connectivity index (χ2n) is 7.11. The number of benzene rings is 3. The number of para-hydroxylation sites is 1. The van der Waals surface area contributed by atoms with Crippen LogP contribution in [0.2, 0.25) is 0 Å². The lowest BCUT2D eigenvalue weighted by molar-refractivity contribution is 0.0997. The average molecular weight is 473 g/mol. The lowest BCUT2D eigenvalue weighted by atomic mass is 10.1. The van der Waals surface area contributed by atoms with Gasteiger partial charge in [0, 0.05) is 15.7 Å². The fourth-order valence-corrected chi connectivity index (χ4v) is 3.56. The molecular weight excluding hydrogens is 456 g/mol. The summed E-state index contributed by atoms with van der Waals surface area (Å²) in [6, 6.07) is 24.6. The van der Waals surface area contributed by atoms with Crippen LogP contribution in [0.1, 0.15) is 16.1 Å². The standard InChI is InChI=1S/C24H17BrN4O2/c1-15-13-20-21(28-29(27-20)18-5-3-2-4-6-18)14-19(15)26-24(30)23-12-11-22(31-23)16-7-9-17(25)10-8-16/h2-14H,1H3,(H,26,30). The SMILES string of the molecule is Cc1cc2nn(-c3ccccc3)nc2cc1NC(=O)c1ccc(-c2ccc(Br)cc2)o1. The minimum atomic E-state index is -0.318. The summed E-state index contributed by atoms with van der Waals surface area (Å²) >= 11 is 3.42. The first-order valence-electron chi connectivity index (χ1n) is 9.67. The van der Waals surface area contributed by atoms with E-state index in [-0.39, 0.29) is 11.7 Å². The van der Waals surface area contributed by atoms with Crippen molar-refractivity contribution in [2.45, 2.75) is 6.92 Å². The van der Waals surface area contributed by atoms with Gasteiger partial charge >= 0.3 is 0 Å². The van der Waals surface area contributed by atoms with Gasteiger partial charge in [0.15, 0.2) is 5.76 Å². The third kappa shape index (κ3) is 3.87. The second kappa shape index (κ2) is 7.85. The smallest absolute Gasteiger partial charge is 0.291 e. The van der Waals surface area contributed by atoms with Crippen molar-refractivity contribution in [1.29, 1.82) is 0 Å². The Kier molecular flexibility index (Phi) is 4.88. The van der Waals surface area contributed by atoms with Gasteiger partial charge in [-0.1, -0.05) is 46.3 Å². The fraction of sp³-hybridized carbons (Fsp3) is 0.0417. The topological polar surface area (TPSA) is 73.0 Å². The lowest BCUT2D eigenvalue weighted by Crippen LogP contribution is -2.11. The summed E-state index contributed by atoms with van der Waals surface area (Å²) in [7, 11) is 0. The first-order valence-corrected chi connectivity index (χ1v) is 10.5. The summed E-state index contributed by atoms with van der Waals surface area (Å²) in [4.78, 5) is 14.4. The number of amides is 1. The molecule has 2 heterocycles. The summed E-state index contributed by atoms with van der Waals surface area (Å²) in [6.45, 7) is 1.92. The number of anilines is 1. The number of carbonyl (C=O) groups excluding carboxylic acids is 1. The Morgan fingerprint density at radius 1 is 0.935 bits per heavy atom. The molecule has 3 aromatic carbocycles. The third-order valence-electron chi connectivity index (χ3n) is 4.92. The van der Waals surface area contributed by atoms with Crippen LogP contribution in [0.15, 0.2) is 87.8 Å². The lowest BCUT2D eigenvalue weighted by Gasteiger charge is -2.06. The molecule has 0 atom stereocenters. The van der Waals surface area contributed by atoms with Gasteiger partial charge in [-0.3, -0.25) is 4.79 Å². The molecule has 0 spiro atoms. The van der Waals surface area contributed by atoms with Crippen LogP contribution in [0.5, 0.6) is 0 Å². The van der Waals surface area contributed by atoms with E-state index in [1.165, 1.54) is 0 Å². The molecule has 0 aliphatic rings. The number of rotatable bonds is 4. The summed E-state index contributed by atoms with van der Waals surface area (Å²) in [5.74, 6) is 0.558. The van der Waals surface area contributed by atoms with Gasteiger partial charge in [-0.15, -0.1) is 10.2 Å². The molecule has 0 saturated heterocycles. The highest BCUT2D eigenvalue weighted by molar-refractivity contribution is 9.10. The average Bonchev–Trinajstić information content (AvgIpc) is 3.43. The molecule has 0 fully saturated rings. The van der Waals surface area contributed by atoms with Gasteiger partial charge in [-0.05, 0) is 61.0 Å². The number of nitrogens with zero attached hydrogens (tertiary/aromatic N) is 3. The predicted molar refractivity (Wildman–Crippen MR) is 123 cm³/mol. The zero-order valence-corrected chi connectivity index (χ0v) is 18.1. The molecule has 0 saturated carbocycles. The van der Waals surface area contributed by atoms with Crippen LogP contribution in [0.4, 0.5) is 5.69 Å². The number of aromatic nitrogens is 3. The molecule has 5 rings (SSSR count). The molecule has 6 nitrogen and oxygen atoms in total. The van der Waals surface area contributed by atoms with Crippen molar-refractivity contribution in [3.63, 3.8) is 0 Å². The monoisotopic (exact) mass is 472 g/mol. The Hall–Kier alpha value is -3.71. The van der Waals surface area contributed by atoms with Crippen LogP contribution in [0.25, 0.3) is 28.0 Å². The van der Waals surface area contributed by atoms with Crippen molar-refractivity contribution >= 4 is 38.6 Å². The molecule has 31 heavy (non-hydrogen) atoms. The first-order chi connectivity index (χ1) is 15.1. The number of furan rings is 1. The van der Waals surface area contributed by atoms with E-state index in [1.54, 1.807) is 16.9 Å². The Bertz CT molecular complexity index is 1390. The van der Waals surface area contributed by atoms with E-state index < -0.39 is 0 Å². The van der Waals surface area contributed by atoms with Crippen LogP contribution in [-0.2, 0) is 0 Å². The van der Waals surface area contributed by atoms with Crippen LogP contribution in [0.3, 0.4) is 0 Å². The Morgan fingerprint density at radius 3 is 2.39 bits per heavy atom. The van der Waals surface area contributed by atoms with Crippen molar-refractivity contribution in [2.24, 2.45) is 0 Å². The third-order valence-corrected chi connectivity index (χ3v) is 5.45. The second-order valence-corrected chi connectivity index (χ2v) is 8.02. The van der Waals surface area contributed by atoms with Gasteiger partial charge in [-0.25, -0.2) is 0 Å². The normalized spacial score (nSPS) is 11.0. The zero-order valence-electron chi connectivity index (χ0n) is 16.5. The van der Waals surface area contributed by atoms with E-state index in [4.69, 9.17) is 4.42 Å². The summed E-state index contributed by atoms with van der Waals surface area (Å²) in [6.07, 6.45) is 0. The van der Waals surface area contributed by atoms with E-state index >= 15 is 0 Å². The predicted octanol–water partition coefficient (Wildman–Crippen LogP) is 6.00. The van der Waals surface area contributed by atoms with Crippen molar-refractivity contribution in [2.75, 3.05) is 5.32 Å². The maximum atomic E-state index is 12.8. The molecule has 0 unspecified atom stereocenters. The van der Waals surface area contributed by atoms with Crippen LogP contribution >= 0.6 is 15.9 Å². The first kappa shape index (κ1) is 19.3. The Labute approximate surface area is 186 Å². The Balaban J connectivity index is 1.40. The molecular formula is C24H17BrN4O2. The highest BCUT2D eigenvalue weighted by Crippen LogP contribution is 2.26. The van der Waals surface area contributed by atoms with E-state index in [1.807, 2.05) is 73.7 Å². The Morgan fingerprint density at radius 2 is 1.65 bits per heavy atom.